The standard InChI is InChI=1S/C60H108O9Si3/c1-27-28-29-42(3)54(64-39-49-31-34-50(63-20)35-32-49)47(8)55(68-71(23,24)59(13,14)15)45(6)37-41(2)36-44(5)53(65-40-62-19)43(4)30-33-51(67-70(21,22)58(10,11)12)38-52-46(7)56(48(9)57(61)66-52)69-72(25,26)60(16,17)18/h27-36,42-48,51-56H,1,37-40H2,2-26H3/b29-28-,33-30-,41-36-/t42-,43-,44-,45-,46-,47+,48+,51+,52?,53-,54-,55+,56-/m0/s1. The highest BCUT2D eigenvalue weighted by Gasteiger charge is 2.49. The van der Waals surface area contributed by atoms with E-state index >= 15 is 0 Å². The number of rotatable bonds is 28. The first-order chi connectivity index (χ1) is 32.9. The van der Waals surface area contributed by atoms with Crippen LogP contribution in [0.2, 0.25) is 54.4 Å². The van der Waals surface area contributed by atoms with Crippen LogP contribution in [0.4, 0.5) is 0 Å². The summed E-state index contributed by atoms with van der Waals surface area (Å²) in [5.74, 6) is 0.749. The van der Waals surface area contributed by atoms with Crippen molar-refractivity contribution in [3.63, 3.8) is 0 Å². The summed E-state index contributed by atoms with van der Waals surface area (Å²) >= 11 is 0. The topological polar surface area (TPSA) is 90.9 Å². The largest absolute Gasteiger partial charge is 0.497 e. The molecule has 1 aliphatic rings. The predicted octanol–water partition coefficient (Wildman–Crippen LogP) is 16.1. The molecule has 0 N–H and O–H groups in total. The van der Waals surface area contributed by atoms with Gasteiger partial charge < -0.3 is 37.0 Å². The molecule has 0 radical (unpaired) electrons. The van der Waals surface area contributed by atoms with E-state index in [2.05, 4.69) is 193 Å². The third kappa shape index (κ3) is 19.2. The number of carbonyl (C=O) groups excluding carboxylic acids is 1. The Hall–Kier alpha value is -2.14. The average molecular weight is 1060 g/mol. The number of allylic oxidation sites excluding steroid dienone is 3. The van der Waals surface area contributed by atoms with Crippen LogP contribution in [-0.4, -0.2) is 88.6 Å². The molecule has 13 atom stereocenters. The maximum Gasteiger partial charge on any atom is 0.311 e. The molecular weight excluding hydrogens is 949 g/mol. The minimum atomic E-state index is -2.26. The zero-order chi connectivity index (χ0) is 55.4. The van der Waals surface area contributed by atoms with Crippen molar-refractivity contribution in [3.8, 4) is 5.75 Å². The third-order valence-corrected chi connectivity index (χ3v) is 30.4. The van der Waals surface area contributed by atoms with Crippen LogP contribution in [-0.2, 0) is 43.6 Å². The molecule has 2 rings (SSSR count). The van der Waals surface area contributed by atoms with Crippen LogP contribution in [0.5, 0.6) is 5.75 Å². The Morgan fingerprint density at radius 3 is 1.78 bits per heavy atom. The number of ether oxygens (including phenoxy) is 5. The molecule has 0 bridgehead atoms. The van der Waals surface area contributed by atoms with E-state index in [1.165, 1.54) is 5.57 Å². The number of methoxy groups -OCH3 is 2. The van der Waals surface area contributed by atoms with Gasteiger partial charge >= 0.3 is 5.97 Å². The van der Waals surface area contributed by atoms with Gasteiger partial charge in [0.1, 0.15) is 18.6 Å². The predicted molar refractivity (Wildman–Crippen MR) is 310 cm³/mol. The number of esters is 1. The molecule has 72 heavy (non-hydrogen) atoms. The van der Waals surface area contributed by atoms with E-state index in [9.17, 15) is 4.79 Å². The number of benzene rings is 1. The Labute approximate surface area is 445 Å². The summed E-state index contributed by atoms with van der Waals surface area (Å²) in [5.41, 5.74) is 2.39. The maximum absolute atomic E-state index is 13.6. The van der Waals surface area contributed by atoms with Crippen molar-refractivity contribution >= 4 is 30.9 Å². The lowest BCUT2D eigenvalue weighted by molar-refractivity contribution is -0.177. The zero-order valence-electron chi connectivity index (χ0n) is 50.5. The molecule has 0 spiro atoms. The fourth-order valence-corrected chi connectivity index (χ4v) is 13.4. The van der Waals surface area contributed by atoms with E-state index in [1.54, 1.807) is 14.2 Å². The van der Waals surface area contributed by atoms with Crippen LogP contribution < -0.4 is 4.74 Å². The second-order valence-electron chi connectivity index (χ2n) is 26.3. The molecular formula is C60H108O9Si3. The lowest BCUT2D eigenvalue weighted by atomic mass is 9.81. The summed E-state index contributed by atoms with van der Waals surface area (Å²) in [4.78, 5) is 13.6. The number of cyclic esters (lactones) is 1. The van der Waals surface area contributed by atoms with Crippen LogP contribution in [0.3, 0.4) is 0 Å². The van der Waals surface area contributed by atoms with Crippen LogP contribution in [0.15, 0.2) is 72.9 Å². The first-order valence-corrected chi connectivity index (χ1v) is 35.9. The van der Waals surface area contributed by atoms with Crippen LogP contribution in [0.1, 0.15) is 136 Å². The Morgan fingerprint density at radius 1 is 0.722 bits per heavy atom. The third-order valence-electron chi connectivity index (χ3n) is 16.9. The van der Waals surface area contributed by atoms with Crippen LogP contribution >= 0.6 is 0 Å². The molecule has 414 valence electrons. The first-order valence-electron chi connectivity index (χ1n) is 27.2. The first kappa shape index (κ1) is 66.0. The number of carbonyl (C=O) groups is 1. The monoisotopic (exact) mass is 1060 g/mol. The van der Waals surface area contributed by atoms with Crippen molar-refractivity contribution < 1.29 is 41.8 Å². The average Bonchev–Trinajstić information content (AvgIpc) is 3.26. The van der Waals surface area contributed by atoms with Crippen molar-refractivity contribution in [1.82, 2.24) is 0 Å². The summed E-state index contributed by atoms with van der Waals surface area (Å²) in [5, 5.41) is 0.0287. The molecule has 1 fully saturated rings. The van der Waals surface area contributed by atoms with Crippen molar-refractivity contribution in [3.05, 3.63) is 78.4 Å². The molecule has 0 aromatic heterocycles. The normalized spacial score (nSPS) is 23.0. The number of hydrogen-bond donors (Lipinski definition) is 0. The summed E-state index contributed by atoms with van der Waals surface area (Å²) in [6, 6.07) is 8.13. The van der Waals surface area contributed by atoms with Crippen molar-refractivity contribution in [2.45, 2.75) is 228 Å². The van der Waals surface area contributed by atoms with E-state index in [-0.39, 0.29) is 106 Å². The molecule has 0 saturated carbocycles. The minimum absolute atomic E-state index is 0.00149. The quantitative estimate of drug-likeness (QED) is 0.0268. The van der Waals surface area contributed by atoms with Gasteiger partial charge in [-0.15, -0.1) is 0 Å². The van der Waals surface area contributed by atoms with Crippen molar-refractivity contribution in [2.75, 3.05) is 21.0 Å². The van der Waals surface area contributed by atoms with Crippen LogP contribution in [0, 0.1) is 41.4 Å². The Balaban J connectivity index is 2.55. The fraction of sp³-hybridized carbons (Fsp3) is 0.750. The van der Waals surface area contributed by atoms with Gasteiger partial charge in [-0.1, -0.05) is 165 Å². The summed E-state index contributed by atoms with van der Waals surface area (Å²) < 4.78 is 52.4. The van der Waals surface area contributed by atoms with Crippen LogP contribution in [0.25, 0.3) is 0 Å². The molecule has 1 saturated heterocycles. The maximum atomic E-state index is 13.6. The van der Waals surface area contributed by atoms with E-state index in [4.69, 9.17) is 37.0 Å². The highest BCUT2D eigenvalue weighted by molar-refractivity contribution is 6.75. The van der Waals surface area contributed by atoms with Gasteiger partial charge in [0.2, 0.25) is 0 Å². The van der Waals surface area contributed by atoms with Gasteiger partial charge in [-0.25, -0.2) is 0 Å². The Kier molecular flexibility index (Phi) is 25.4. The lowest BCUT2D eigenvalue weighted by Gasteiger charge is -2.47. The molecule has 1 aliphatic heterocycles. The molecule has 9 nitrogen and oxygen atoms in total. The molecule has 0 aliphatic carbocycles. The molecule has 1 aromatic carbocycles. The van der Waals surface area contributed by atoms with Gasteiger partial charge in [0.25, 0.3) is 0 Å². The summed E-state index contributed by atoms with van der Waals surface area (Å²) in [7, 11) is -3.28. The highest BCUT2D eigenvalue weighted by atomic mass is 28.4. The fourth-order valence-electron chi connectivity index (χ4n) is 9.18. The summed E-state index contributed by atoms with van der Waals surface area (Å²) in [6.45, 7) is 56.7. The SMILES string of the molecule is C=C/C=C\[C@H](C)[C@H](OCc1ccc(OC)cc1)[C@@H](C)[C@H](O[Si](C)(C)C(C)(C)C)[C@@H](C)C/C(C)=C\[C@H](C)[C@@H](OCOC)[C@@H](C)/C=C\[C@H](CC1OC(=O)[C@H](C)[C@@H](O[Si](C)(C)C(C)(C)C)[C@H]1C)O[Si](C)(C)C(C)(C)C. The van der Waals surface area contributed by atoms with Crippen molar-refractivity contribution in [1.29, 1.82) is 0 Å². The Bertz CT molecular complexity index is 1890. The smallest absolute Gasteiger partial charge is 0.311 e. The molecule has 1 unspecified atom stereocenters. The van der Waals surface area contributed by atoms with Gasteiger partial charge in [0, 0.05) is 43.1 Å². The number of hydrogen-bond acceptors (Lipinski definition) is 9. The summed E-state index contributed by atoms with van der Waals surface area (Å²) in [6.07, 6.45) is 13.1. The molecule has 1 heterocycles. The second-order valence-corrected chi connectivity index (χ2v) is 40.5. The zero-order valence-corrected chi connectivity index (χ0v) is 53.5. The van der Waals surface area contributed by atoms with Gasteiger partial charge in [-0.05, 0) is 98.3 Å². The Morgan fingerprint density at radius 2 is 1.26 bits per heavy atom. The van der Waals surface area contributed by atoms with E-state index in [1.807, 2.05) is 31.2 Å². The van der Waals surface area contributed by atoms with Crippen molar-refractivity contribution in [2.24, 2.45) is 41.4 Å². The van der Waals surface area contributed by atoms with E-state index in [0.717, 1.165) is 17.7 Å². The molecule has 0 amide bonds. The van der Waals surface area contributed by atoms with Gasteiger partial charge in [0.05, 0.1) is 50.2 Å². The molecule has 12 heteroatoms. The van der Waals surface area contributed by atoms with Gasteiger partial charge in [-0.2, -0.15) is 0 Å². The molecule has 1 aromatic rings. The van der Waals surface area contributed by atoms with E-state index < -0.39 is 25.0 Å². The van der Waals surface area contributed by atoms with E-state index in [0.29, 0.717) is 13.0 Å². The second kappa shape index (κ2) is 27.8. The lowest BCUT2D eigenvalue weighted by Crippen LogP contribution is -2.55. The van der Waals surface area contributed by atoms with Gasteiger partial charge in [0.15, 0.2) is 25.0 Å². The minimum Gasteiger partial charge on any atom is -0.497 e. The highest BCUT2D eigenvalue weighted by Crippen LogP contribution is 2.44. The van der Waals surface area contributed by atoms with Gasteiger partial charge in [-0.3, -0.25) is 4.79 Å².